The van der Waals surface area contributed by atoms with E-state index in [9.17, 15) is 4.79 Å². The summed E-state index contributed by atoms with van der Waals surface area (Å²) in [7, 11) is 1.84. The van der Waals surface area contributed by atoms with E-state index in [1.54, 1.807) is 24.3 Å². The molecule has 0 saturated heterocycles. The summed E-state index contributed by atoms with van der Waals surface area (Å²) in [6.45, 7) is 3.96. The molecular weight excluding hydrogens is 224 g/mol. The molecule has 0 aliphatic carbocycles. The van der Waals surface area contributed by atoms with Crippen LogP contribution in [0.5, 0.6) is 0 Å². The topological polar surface area (TPSA) is 41.1 Å². The number of rotatable bonds is 4. The summed E-state index contributed by atoms with van der Waals surface area (Å²) in [5.74, 6) is -0.0123. The third-order valence-electron chi connectivity index (χ3n) is 2.41. The molecule has 0 heterocycles. The maximum Gasteiger partial charge on any atom is 0.226 e. The lowest BCUT2D eigenvalue weighted by Gasteiger charge is -2.23. The zero-order valence-corrected chi connectivity index (χ0v) is 10.6. The molecule has 3 nitrogen and oxygen atoms in total. The summed E-state index contributed by atoms with van der Waals surface area (Å²) in [6.07, 6.45) is 0.423. The highest BCUT2D eigenvalue weighted by molar-refractivity contribution is 6.30. The lowest BCUT2D eigenvalue weighted by molar-refractivity contribution is -0.117. The smallest absolute Gasteiger partial charge is 0.226 e. The van der Waals surface area contributed by atoms with Crippen LogP contribution in [0.4, 0.5) is 5.69 Å². The largest absolute Gasteiger partial charge is 0.326 e. The van der Waals surface area contributed by atoms with Gasteiger partial charge in [-0.25, -0.2) is 0 Å². The lowest BCUT2D eigenvalue weighted by atomic mass is 10.0. The molecule has 0 unspecified atom stereocenters. The van der Waals surface area contributed by atoms with Crippen molar-refractivity contribution in [3.05, 3.63) is 29.3 Å². The van der Waals surface area contributed by atoms with Gasteiger partial charge in [0.15, 0.2) is 0 Å². The Morgan fingerprint density at radius 3 is 2.38 bits per heavy atom. The molecule has 0 aliphatic heterocycles. The Morgan fingerprint density at radius 2 is 1.88 bits per heavy atom. The number of hydrogen-bond donors (Lipinski definition) is 2. The first-order valence-corrected chi connectivity index (χ1v) is 5.55. The maximum atomic E-state index is 11.7. The van der Waals surface area contributed by atoms with Crippen LogP contribution in [0.25, 0.3) is 0 Å². The summed E-state index contributed by atoms with van der Waals surface area (Å²) in [5.41, 5.74) is 0.567. The van der Waals surface area contributed by atoms with Gasteiger partial charge in [-0.2, -0.15) is 0 Å². The van der Waals surface area contributed by atoms with Crippen molar-refractivity contribution < 1.29 is 4.79 Å². The molecule has 4 heteroatoms. The third-order valence-corrected chi connectivity index (χ3v) is 2.66. The fraction of sp³-hybridized carbons (Fsp3) is 0.417. The average Bonchev–Trinajstić information content (AvgIpc) is 2.21. The molecule has 0 aromatic heterocycles. The summed E-state index contributed by atoms with van der Waals surface area (Å²) >= 11 is 5.75. The van der Waals surface area contributed by atoms with Gasteiger partial charge in [-0.3, -0.25) is 4.79 Å². The highest BCUT2D eigenvalue weighted by atomic mass is 35.5. The minimum atomic E-state index is -0.198. The van der Waals surface area contributed by atoms with Crippen LogP contribution in [0, 0.1) is 0 Å². The first kappa shape index (κ1) is 13.0. The molecule has 1 amide bonds. The van der Waals surface area contributed by atoms with Crippen LogP contribution in [-0.4, -0.2) is 18.5 Å². The predicted molar refractivity (Wildman–Crippen MR) is 67.8 cm³/mol. The van der Waals surface area contributed by atoms with Gasteiger partial charge in [-0.1, -0.05) is 11.6 Å². The second-order valence-corrected chi connectivity index (χ2v) is 4.80. The Balaban J connectivity index is 2.55. The normalized spacial score (nSPS) is 11.2. The zero-order chi connectivity index (χ0) is 12.2. The van der Waals surface area contributed by atoms with Gasteiger partial charge in [-0.05, 0) is 45.2 Å². The van der Waals surface area contributed by atoms with Gasteiger partial charge >= 0.3 is 0 Å². The van der Waals surface area contributed by atoms with Crippen LogP contribution < -0.4 is 10.6 Å². The number of anilines is 1. The highest BCUT2D eigenvalue weighted by Crippen LogP contribution is 2.15. The number of halogens is 1. The summed E-state index contributed by atoms with van der Waals surface area (Å²) < 4.78 is 0. The van der Waals surface area contributed by atoms with E-state index >= 15 is 0 Å². The zero-order valence-electron chi connectivity index (χ0n) is 9.80. The Kier molecular flexibility index (Phi) is 4.33. The number of carbonyl (C=O) groups is 1. The van der Waals surface area contributed by atoms with E-state index in [-0.39, 0.29) is 11.4 Å². The SMILES string of the molecule is CNC(C)(C)CC(=O)Nc1ccc(Cl)cc1. The quantitative estimate of drug-likeness (QED) is 0.850. The van der Waals surface area contributed by atoms with Gasteiger partial charge in [0.2, 0.25) is 5.91 Å². The maximum absolute atomic E-state index is 11.7. The minimum Gasteiger partial charge on any atom is -0.326 e. The molecular formula is C12H17ClN2O. The standard InChI is InChI=1S/C12H17ClN2O/c1-12(2,14-3)8-11(16)15-10-6-4-9(13)5-7-10/h4-7,14H,8H2,1-3H3,(H,15,16). The van der Waals surface area contributed by atoms with Crippen molar-refractivity contribution in [1.29, 1.82) is 0 Å². The molecule has 2 N–H and O–H groups in total. The molecule has 0 saturated carbocycles. The number of benzene rings is 1. The van der Waals surface area contributed by atoms with E-state index in [1.165, 1.54) is 0 Å². The minimum absolute atomic E-state index is 0.0123. The molecule has 1 rings (SSSR count). The van der Waals surface area contributed by atoms with E-state index in [0.717, 1.165) is 5.69 Å². The molecule has 1 aromatic carbocycles. The number of amides is 1. The summed E-state index contributed by atoms with van der Waals surface area (Å²) in [6, 6.07) is 7.07. The first-order valence-electron chi connectivity index (χ1n) is 5.17. The van der Waals surface area contributed by atoms with Crippen molar-refractivity contribution in [2.45, 2.75) is 25.8 Å². The monoisotopic (exact) mass is 240 g/mol. The Hall–Kier alpha value is -1.06. The molecule has 16 heavy (non-hydrogen) atoms. The van der Waals surface area contributed by atoms with E-state index in [1.807, 2.05) is 20.9 Å². The Morgan fingerprint density at radius 1 is 1.31 bits per heavy atom. The molecule has 88 valence electrons. The highest BCUT2D eigenvalue weighted by Gasteiger charge is 2.19. The van der Waals surface area contributed by atoms with Crippen LogP contribution in [0.3, 0.4) is 0 Å². The molecule has 0 aliphatic rings. The summed E-state index contributed by atoms with van der Waals surface area (Å²) in [5, 5.41) is 6.57. The van der Waals surface area contributed by atoms with Gasteiger partial charge in [0.05, 0.1) is 0 Å². The van der Waals surface area contributed by atoms with Crippen LogP contribution in [0.15, 0.2) is 24.3 Å². The lowest BCUT2D eigenvalue weighted by Crippen LogP contribution is -2.39. The third kappa shape index (κ3) is 4.21. The van der Waals surface area contributed by atoms with Crippen molar-refractivity contribution in [2.24, 2.45) is 0 Å². The summed E-state index contributed by atoms with van der Waals surface area (Å²) in [4.78, 5) is 11.7. The van der Waals surface area contributed by atoms with Gasteiger partial charge < -0.3 is 10.6 Å². The molecule has 1 aromatic rings. The van der Waals surface area contributed by atoms with Crippen LogP contribution in [-0.2, 0) is 4.79 Å². The predicted octanol–water partition coefficient (Wildman–Crippen LogP) is 2.67. The molecule has 0 radical (unpaired) electrons. The second-order valence-electron chi connectivity index (χ2n) is 4.37. The van der Waals surface area contributed by atoms with Crippen molar-refractivity contribution in [1.82, 2.24) is 5.32 Å². The van der Waals surface area contributed by atoms with E-state index in [4.69, 9.17) is 11.6 Å². The fourth-order valence-electron chi connectivity index (χ4n) is 1.23. The van der Waals surface area contributed by atoms with E-state index in [2.05, 4.69) is 10.6 Å². The average molecular weight is 241 g/mol. The Labute approximate surface area is 101 Å². The first-order chi connectivity index (χ1) is 7.43. The number of nitrogens with one attached hydrogen (secondary N) is 2. The molecule has 0 bridgehead atoms. The Bertz CT molecular complexity index is 360. The van der Waals surface area contributed by atoms with Crippen molar-refractivity contribution in [2.75, 3.05) is 12.4 Å². The van der Waals surface area contributed by atoms with Crippen molar-refractivity contribution in [3.63, 3.8) is 0 Å². The van der Waals surface area contributed by atoms with E-state index < -0.39 is 0 Å². The van der Waals surface area contributed by atoms with Gasteiger partial charge in [-0.15, -0.1) is 0 Å². The van der Waals surface area contributed by atoms with Gasteiger partial charge in [0.25, 0.3) is 0 Å². The molecule has 0 spiro atoms. The van der Waals surface area contributed by atoms with Gasteiger partial charge in [0, 0.05) is 22.7 Å². The van der Waals surface area contributed by atoms with Crippen LogP contribution >= 0.6 is 11.6 Å². The van der Waals surface area contributed by atoms with Crippen molar-refractivity contribution in [3.8, 4) is 0 Å². The van der Waals surface area contributed by atoms with Crippen molar-refractivity contribution >= 4 is 23.2 Å². The number of carbonyl (C=O) groups excluding carboxylic acids is 1. The number of hydrogen-bond acceptors (Lipinski definition) is 2. The van der Waals surface area contributed by atoms with E-state index in [0.29, 0.717) is 11.4 Å². The van der Waals surface area contributed by atoms with Crippen LogP contribution in [0.1, 0.15) is 20.3 Å². The second kappa shape index (κ2) is 5.32. The van der Waals surface area contributed by atoms with Crippen LogP contribution in [0.2, 0.25) is 5.02 Å². The molecule has 0 fully saturated rings. The van der Waals surface area contributed by atoms with Gasteiger partial charge in [0.1, 0.15) is 0 Å². The fourth-order valence-corrected chi connectivity index (χ4v) is 1.35. The molecule has 0 atom stereocenters.